The van der Waals surface area contributed by atoms with E-state index in [2.05, 4.69) is 38.2 Å². The first-order chi connectivity index (χ1) is 12.0. The average Bonchev–Trinajstić information content (AvgIpc) is 2.85. The molecule has 1 amide bonds. The van der Waals surface area contributed by atoms with Crippen molar-refractivity contribution in [3.8, 4) is 0 Å². The minimum atomic E-state index is -0.609. The zero-order valence-corrected chi connectivity index (χ0v) is 15.7. The molecule has 1 aromatic carbocycles. The number of aliphatic hydroxyl groups is 1. The van der Waals surface area contributed by atoms with E-state index in [-0.39, 0.29) is 17.8 Å². The van der Waals surface area contributed by atoms with Crippen LogP contribution < -0.4 is 5.32 Å². The fourth-order valence-corrected chi connectivity index (χ4v) is 4.42. The molecular formula is C21H29NO3. The van der Waals surface area contributed by atoms with Crippen LogP contribution in [0.15, 0.2) is 17.9 Å². The van der Waals surface area contributed by atoms with Crippen molar-refractivity contribution in [1.29, 1.82) is 0 Å². The van der Waals surface area contributed by atoms with Crippen molar-refractivity contribution in [2.45, 2.75) is 70.9 Å². The number of carbonyl (C=O) groups excluding carboxylic acids is 1. The summed E-state index contributed by atoms with van der Waals surface area (Å²) in [5.41, 5.74) is 4.29. The predicted molar refractivity (Wildman–Crippen MR) is 99.6 cm³/mol. The van der Waals surface area contributed by atoms with E-state index in [1.54, 1.807) is 7.11 Å². The second kappa shape index (κ2) is 6.83. The third-order valence-corrected chi connectivity index (χ3v) is 5.85. The Balaban J connectivity index is 2.09. The molecule has 1 saturated carbocycles. The number of nitrogens with one attached hydrogen (secondary N) is 1. The predicted octanol–water partition coefficient (Wildman–Crippen LogP) is 3.85. The van der Waals surface area contributed by atoms with Crippen molar-refractivity contribution >= 4 is 11.5 Å². The highest BCUT2D eigenvalue weighted by Crippen LogP contribution is 2.43. The maximum atomic E-state index is 12.9. The van der Waals surface area contributed by atoms with Crippen LogP contribution in [0.3, 0.4) is 0 Å². The smallest absolute Gasteiger partial charge is 0.256 e. The normalized spacial score (nSPS) is 26.4. The Morgan fingerprint density at radius 1 is 1.20 bits per heavy atom. The number of hydrogen-bond donors (Lipinski definition) is 2. The minimum Gasteiger partial charge on any atom is -0.509 e. The van der Waals surface area contributed by atoms with Crippen molar-refractivity contribution in [3.63, 3.8) is 0 Å². The lowest BCUT2D eigenvalue weighted by Gasteiger charge is -2.36. The van der Waals surface area contributed by atoms with Crippen LogP contribution in [-0.2, 0) is 22.4 Å². The summed E-state index contributed by atoms with van der Waals surface area (Å²) in [7, 11) is 1.73. The number of methoxy groups -OCH3 is 1. The van der Waals surface area contributed by atoms with Crippen LogP contribution in [0, 0.1) is 6.92 Å². The Morgan fingerprint density at radius 2 is 1.76 bits per heavy atom. The quantitative estimate of drug-likeness (QED) is 0.873. The third kappa shape index (κ3) is 2.97. The zero-order valence-electron chi connectivity index (χ0n) is 15.7. The number of rotatable bonds is 4. The molecule has 0 saturated heterocycles. The van der Waals surface area contributed by atoms with Gasteiger partial charge in [-0.25, -0.2) is 0 Å². The SMILES string of the molecule is CCc1cc(C)cc(CC)c1C1=C(O)C2(CCC(OC)CC2)NC1=O. The van der Waals surface area contributed by atoms with Gasteiger partial charge in [0.05, 0.1) is 17.2 Å². The molecule has 0 radical (unpaired) electrons. The van der Waals surface area contributed by atoms with Crippen LogP contribution in [0.5, 0.6) is 0 Å². The summed E-state index contributed by atoms with van der Waals surface area (Å²) < 4.78 is 5.44. The van der Waals surface area contributed by atoms with Crippen LogP contribution in [0.1, 0.15) is 61.8 Å². The van der Waals surface area contributed by atoms with Crippen LogP contribution in [0.4, 0.5) is 0 Å². The average molecular weight is 343 g/mol. The molecule has 0 unspecified atom stereocenters. The van der Waals surface area contributed by atoms with Crippen LogP contribution >= 0.6 is 0 Å². The summed E-state index contributed by atoms with van der Waals surface area (Å²) in [5.74, 6) is 0.0990. The molecule has 4 heteroatoms. The summed E-state index contributed by atoms with van der Waals surface area (Å²) in [6, 6.07) is 4.27. The lowest BCUT2D eigenvalue weighted by Crippen LogP contribution is -2.48. The molecule has 136 valence electrons. The van der Waals surface area contributed by atoms with Crippen LogP contribution in [0.2, 0.25) is 0 Å². The summed E-state index contributed by atoms with van der Waals surface area (Å²) in [6.07, 6.45) is 5.05. The number of hydrogen-bond acceptors (Lipinski definition) is 3. The maximum Gasteiger partial charge on any atom is 0.256 e. The van der Waals surface area contributed by atoms with E-state index in [1.165, 1.54) is 5.56 Å². The molecule has 1 aliphatic carbocycles. The highest BCUT2D eigenvalue weighted by molar-refractivity contribution is 6.24. The third-order valence-electron chi connectivity index (χ3n) is 5.85. The molecule has 2 aliphatic rings. The first-order valence-electron chi connectivity index (χ1n) is 9.37. The van der Waals surface area contributed by atoms with Crippen LogP contribution in [0.25, 0.3) is 5.57 Å². The Labute approximate surface area is 150 Å². The van der Waals surface area contributed by atoms with E-state index in [1.807, 2.05) is 0 Å². The van der Waals surface area contributed by atoms with Gasteiger partial charge in [-0.2, -0.15) is 0 Å². The van der Waals surface area contributed by atoms with Crippen LogP contribution in [-0.4, -0.2) is 29.8 Å². The number of aliphatic hydroxyl groups excluding tert-OH is 1. The number of carbonyl (C=O) groups is 1. The first-order valence-corrected chi connectivity index (χ1v) is 9.37. The molecule has 1 aliphatic heterocycles. The van der Waals surface area contributed by atoms with Crippen molar-refractivity contribution in [2.24, 2.45) is 0 Å². The van der Waals surface area contributed by atoms with E-state index in [9.17, 15) is 9.90 Å². The van der Waals surface area contributed by atoms with Gasteiger partial charge in [-0.15, -0.1) is 0 Å². The lowest BCUT2D eigenvalue weighted by atomic mass is 9.78. The standard InChI is InChI=1S/C21H29NO3/c1-5-14-11-13(3)12-15(6-2)17(14)18-19(23)21(22-20(18)24)9-7-16(25-4)8-10-21/h11-12,16,23H,5-10H2,1-4H3,(H,22,24). The molecule has 25 heavy (non-hydrogen) atoms. The lowest BCUT2D eigenvalue weighted by molar-refractivity contribution is -0.116. The second-order valence-electron chi connectivity index (χ2n) is 7.36. The van der Waals surface area contributed by atoms with Gasteiger partial charge in [0.1, 0.15) is 5.76 Å². The molecule has 4 nitrogen and oxygen atoms in total. The van der Waals surface area contributed by atoms with Gasteiger partial charge < -0.3 is 15.2 Å². The highest BCUT2D eigenvalue weighted by Gasteiger charge is 2.48. The fraction of sp³-hybridized carbons (Fsp3) is 0.571. The number of benzene rings is 1. The number of aryl methyl sites for hydroxylation is 3. The van der Waals surface area contributed by atoms with Gasteiger partial charge in [-0.1, -0.05) is 31.5 Å². The van der Waals surface area contributed by atoms with Gasteiger partial charge in [0, 0.05) is 7.11 Å². The topological polar surface area (TPSA) is 58.6 Å². The molecule has 1 aromatic rings. The summed E-state index contributed by atoms with van der Waals surface area (Å²) in [5, 5.41) is 14.2. The minimum absolute atomic E-state index is 0.137. The van der Waals surface area contributed by atoms with Gasteiger partial charge in [-0.05, 0) is 62.1 Å². The first kappa shape index (κ1) is 18.0. The van der Waals surface area contributed by atoms with Gasteiger partial charge in [0.15, 0.2) is 0 Å². The maximum absolute atomic E-state index is 12.9. The number of amides is 1. The van der Waals surface area contributed by atoms with Gasteiger partial charge in [0.2, 0.25) is 0 Å². The van der Waals surface area contributed by atoms with E-state index in [4.69, 9.17) is 4.74 Å². The Bertz CT molecular complexity index is 687. The van der Waals surface area contributed by atoms with Gasteiger partial charge in [0.25, 0.3) is 5.91 Å². The second-order valence-corrected chi connectivity index (χ2v) is 7.36. The van der Waals surface area contributed by atoms with Gasteiger partial charge >= 0.3 is 0 Å². The molecule has 0 atom stereocenters. The van der Waals surface area contributed by atoms with Crippen molar-refractivity contribution < 1.29 is 14.6 Å². The molecule has 3 rings (SSSR count). The molecular weight excluding hydrogens is 314 g/mol. The molecule has 0 aromatic heterocycles. The largest absolute Gasteiger partial charge is 0.509 e. The monoisotopic (exact) mass is 343 g/mol. The highest BCUT2D eigenvalue weighted by atomic mass is 16.5. The fourth-order valence-electron chi connectivity index (χ4n) is 4.42. The Hall–Kier alpha value is -1.81. The van der Waals surface area contributed by atoms with E-state index < -0.39 is 5.54 Å². The van der Waals surface area contributed by atoms with E-state index in [0.717, 1.165) is 55.2 Å². The van der Waals surface area contributed by atoms with Crippen molar-refractivity contribution in [3.05, 3.63) is 40.1 Å². The van der Waals surface area contributed by atoms with Crippen molar-refractivity contribution in [2.75, 3.05) is 7.11 Å². The number of ether oxygens (including phenoxy) is 1. The Morgan fingerprint density at radius 3 is 2.24 bits per heavy atom. The van der Waals surface area contributed by atoms with Crippen molar-refractivity contribution in [1.82, 2.24) is 5.32 Å². The Kier molecular flexibility index (Phi) is 4.92. The summed E-state index contributed by atoms with van der Waals surface area (Å²) in [6.45, 7) is 6.28. The van der Waals surface area contributed by atoms with E-state index in [0.29, 0.717) is 5.57 Å². The summed E-state index contributed by atoms with van der Waals surface area (Å²) >= 11 is 0. The molecule has 1 fully saturated rings. The molecule has 1 spiro atoms. The molecule has 2 N–H and O–H groups in total. The zero-order chi connectivity index (χ0) is 18.2. The summed E-state index contributed by atoms with van der Waals surface area (Å²) in [4.78, 5) is 12.9. The van der Waals surface area contributed by atoms with Gasteiger partial charge in [-0.3, -0.25) is 4.79 Å². The molecule has 0 bridgehead atoms. The van der Waals surface area contributed by atoms with E-state index >= 15 is 0 Å². The molecule has 1 heterocycles.